The molecule has 1 fully saturated rings. The fraction of sp³-hybridized carbons (Fsp3) is 0.455. The summed E-state index contributed by atoms with van der Waals surface area (Å²) in [7, 11) is 0. The summed E-state index contributed by atoms with van der Waals surface area (Å²) in [6, 6.07) is 10.0. The first-order chi connectivity index (χ1) is 6.27. The third kappa shape index (κ3) is 1.74. The van der Waals surface area contributed by atoms with Gasteiger partial charge in [0.05, 0.1) is 18.3 Å². The number of rotatable bonds is 1. The van der Waals surface area contributed by atoms with Gasteiger partial charge in [0, 0.05) is 6.42 Å². The second-order valence-electron chi connectivity index (χ2n) is 3.54. The molecule has 3 atom stereocenters. The molecule has 0 aromatic heterocycles. The van der Waals surface area contributed by atoms with Crippen molar-refractivity contribution in [3.05, 3.63) is 35.9 Å². The van der Waals surface area contributed by atoms with Gasteiger partial charge in [-0.05, 0) is 12.5 Å². The number of benzene rings is 1. The molecule has 1 aromatic rings. The second-order valence-corrected chi connectivity index (χ2v) is 3.54. The van der Waals surface area contributed by atoms with Gasteiger partial charge < -0.3 is 9.84 Å². The van der Waals surface area contributed by atoms with E-state index in [9.17, 15) is 5.11 Å². The van der Waals surface area contributed by atoms with Crippen molar-refractivity contribution in [2.45, 2.75) is 31.7 Å². The molecule has 2 nitrogen and oxygen atoms in total. The number of ether oxygens (including phenoxy) is 1. The van der Waals surface area contributed by atoms with Gasteiger partial charge in [0.25, 0.3) is 0 Å². The molecule has 70 valence electrons. The van der Waals surface area contributed by atoms with Gasteiger partial charge in [0.2, 0.25) is 0 Å². The monoisotopic (exact) mass is 178 g/mol. The number of hydrogen-bond donors (Lipinski definition) is 1. The maximum Gasteiger partial charge on any atom is 0.0855 e. The molecule has 13 heavy (non-hydrogen) atoms. The SMILES string of the molecule is C[C@@H]1O[C@H](c2ccccc2)C[C@@H]1O. The highest BCUT2D eigenvalue weighted by Crippen LogP contribution is 2.32. The first-order valence-corrected chi connectivity index (χ1v) is 4.66. The van der Waals surface area contributed by atoms with E-state index in [2.05, 4.69) is 0 Å². The van der Waals surface area contributed by atoms with E-state index in [1.165, 1.54) is 0 Å². The van der Waals surface area contributed by atoms with Crippen LogP contribution in [0.1, 0.15) is 25.0 Å². The lowest BCUT2D eigenvalue weighted by Crippen LogP contribution is -2.15. The van der Waals surface area contributed by atoms with Crippen molar-refractivity contribution in [3.63, 3.8) is 0 Å². The number of aliphatic hydroxyl groups is 1. The Morgan fingerprint density at radius 1 is 1.31 bits per heavy atom. The summed E-state index contributed by atoms with van der Waals surface area (Å²) in [6.07, 6.45) is 0.437. The van der Waals surface area contributed by atoms with Gasteiger partial charge in [0.1, 0.15) is 0 Å². The van der Waals surface area contributed by atoms with Crippen LogP contribution in [0.5, 0.6) is 0 Å². The standard InChI is InChI=1S/C11H14O2/c1-8-10(12)7-11(13-8)9-5-3-2-4-6-9/h2-6,8,10-12H,7H2,1H3/t8-,10-,11-/m0/s1. The van der Waals surface area contributed by atoms with Crippen LogP contribution in [-0.2, 0) is 4.74 Å². The van der Waals surface area contributed by atoms with Crippen molar-refractivity contribution in [3.8, 4) is 0 Å². The molecule has 1 aliphatic rings. The number of aliphatic hydroxyl groups excluding tert-OH is 1. The normalized spacial score (nSPS) is 33.5. The summed E-state index contributed by atoms with van der Waals surface area (Å²) in [6.45, 7) is 1.91. The third-order valence-corrected chi connectivity index (χ3v) is 2.55. The van der Waals surface area contributed by atoms with Crippen molar-refractivity contribution in [2.24, 2.45) is 0 Å². The summed E-state index contributed by atoms with van der Waals surface area (Å²) in [5.74, 6) is 0. The predicted octanol–water partition coefficient (Wildman–Crippen LogP) is 1.90. The summed E-state index contributed by atoms with van der Waals surface area (Å²) < 4.78 is 5.61. The van der Waals surface area contributed by atoms with E-state index in [1.54, 1.807) is 0 Å². The molecule has 1 saturated heterocycles. The molecule has 1 heterocycles. The van der Waals surface area contributed by atoms with Crippen LogP contribution in [0.15, 0.2) is 30.3 Å². The lowest BCUT2D eigenvalue weighted by molar-refractivity contribution is 0.0217. The average Bonchev–Trinajstić information content (AvgIpc) is 2.49. The van der Waals surface area contributed by atoms with E-state index in [-0.39, 0.29) is 18.3 Å². The van der Waals surface area contributed by atoms with E-state index in [1.807, 2.05) is 37.3 Å². The van der Waals surface area contributed by atoms with Crippen LogP contribution in [0.3, 0.4) is 0 Å². The highest BCUT2D eigenvalue weighted by molar-refractivity contribution is 5.18. The zero-order valence-electron chi connectivity index (χ0n) is 7.68. The molecule has 1 aromatic carbocycles. The van der Waals surface area contributed by atoms with Crippen LogP contribution in [-0.4, -0.2) is 17.3 Å². The Bertz CT molecular complexity index is 261. The summed E-state index contributed by atoms with van der Waals surface area (Å²) in [5.41, 5.74) is 1.16. The minimum Gasteiger partial charge on any atom is -0.390 e. The topological polar surface area (TPSA) is 29.5 Å². The Morgan fingerprint density at radius 2 is 2.00 bits per heavy atom. The Kier molecular flexibility index (Phi) is 2.34. The van der Waals surface area contributed by atoms with Gasteiger partial charge in [-0.2, -0.15) is 0 Å². The second kappa shape index (κ2) is 3.48. The van der Waals surface area contributed by atoms with Gasteiger partial charge in [-0.25, -0.2) is 0 Å². The third-order valence-electron chi connectivity index (χ3n) is 2.55. The van der Waals surface area contributed by atoms with Crippen molar-refractivity contribution in [1.29, 1.82) is 0 Å². The molecule has 0 saturated carbocycles. The lowest BCUT2D eigenvalue weighted by Gasteiger charge is -2.10. The van der Waals surface area contributed by atoms with Gasteiger partial charge in [-0.3, -0.25) is 0 Å². The summed E-state index contributed by atoms with van der Waals surface area (Å²) >= 11 is 0. The Hall–Kier alpha value is -0.860. The smallest absolute Gasteiger partial charge is 0.0855 e. The van der Waals surface area contributed by atoms with Crippen LogP contribution >= 0.6 is 0 Å². The Balaban J connectivity index is 2.12. The molecule has 2 rings (SSSR count). The van der Waals surface area contributed by atoms with Crippen molar-refractivity contribution in [1.82, 2.24) is 0 Å². The van der Waals surface area contributed by atoms with Crippen LogP contribution < -0.4 is 0 Å². The summed E-state index contributed by atoms with van der Waals surface area (Å²) in [5, 5.41) is 9.50. The van der Waals surface area contributed by atoms with E-state index in [4.69, 9.17) is 4.74 Å². The van der Waals surface area contributed by atoms with Gasteiger partial charge >= 0.3 is 0 Å². The quantitative estimate of drug-likeness (QED) is 0.711. The average molecular weight is 178 g/mol. The number of hydrogen-bond acceptors (Lipinski definition) is 2. The van der Waals surface area contributed by atoms with Crippen molar-refractivity contribution in [2.75, 3.05) is 0 Å². The minimum absolute atomic E-state index is 0.0368. The van der Waals surface area contributed by atoms with Gasteiger partial charge in [-0.15, -0.1) is 0 Å². The largest absolute Gasteiger partial charge is 0.390 e. The first kappa shape index (κ1) is 8.73. The molecule has 2 heteroatoms. The van der Waals surface area contributed by atoms with E-state index in [0.717, 1.165) is 5.56 Å². The summed E-state index contributed by atoms with van der Waals surface area (Å²) in [4.78, 5) is 0. The van der Waals surface area contributed by atoms with Gasteiger partial charge in [-0.1, -0.05) is 30.3 Å². The minimum atomic E-state index is -0.315. The molecule has 0 spiro atoms. The maximum absolute atomic E-state index is 9.50. The van der Waals surface area contributed by atoms with Crippen LogP contribution in [0.2, 0.25) is 0 Å². The van der Waals surface area contributed by atoms with Crippen molar-refractivity contribution >= 4 is 0 Å². The van der Waals surface area contributed by atoms with Crippen LogP contribution in [0.4, 0.5) is 0 Å². The highest BCUT2D eigenvalue weighted by atomic mass is 16.5. The van der Waals surface area contributed by atoms with Crippen LogP contribution in [0, 0.1) is 0 Å². The van der Waals surface area contributed by atoms with E-state index >= 15 is 0 Å². The van der Waals surface area contributed by atoms with E-state index in [0.29, 0.717) is 6.42 Å². The fourth-order valence-electron chi connectivity index (χ4n) is 1.70. The zero-order chi connectivity index (χ0) is 9.26. The molecule has 0 amide bonds. The van der Waals surface area contributed by atoms with Gasteiger partial charge in [0.15, 0.2) is 0 Å². The first-order valence-electron chi connectivity index (χ1n) is 4.66. The molecule has 0 bridgehead atoms. The lowest BCUT2D eigenvalue weighted by atomic mass is 10.1. The molecule has 0 radical (unpaired) electrons. The fourth-order valence-corrected chi connectivity index (χ4v) is 1.70. The van der Waals surface area contributed by atoms with Crippen molar-refractivity contribution < 1.29 is 9.84 Å². The maximum atomic E-state index is 9.50. The molecular formula is C11H14O2. The highest BCUT2D eigenvalue weighted by Gasteiger charge is 2.31. The Labute approximate surface area is 78.2 Å². The molecular weight excluding hydrogens is 164 g/mol. The van der Waals surface area contributed by atoms with Crippen LogP contribution in [0.25, 0.3) is 0 Å². The van der Waals surface area contributed by atoms with E-state index < -0.39 is 0 Å². The molecule has 1 N–H and O–H groups in total. The molecule has 0 aliphatic carbocycles. The Morgan fingerprint density at radius 3 is 2.54 bits per heavy atom. The zero-order valence-corrected chi connectivity index (χ0v) is 7.68. The molecule has 1 aliphatic heterocycles. The molecule has 0 unspecified atom stereocenters. The predicted molar refractivity (Wildman–Crippen MR) is 50.4 cm³/mol.